The number of rotatable bonds is 4. The van der Waals surface area contributed by atoms with Crippen LogP contribution < -0.4 is 0 Å². The van der Waals surface area contributed by atoms with Gasteiger partial charge in [0.05, 0.1) is 18.1 Å². The molecule has 1 aromatic carbocycles. The molecule has 18 heavy (non-hydrogen) atoms. The molecule has 1 saturated heterocycles. The van der Waals surface area contributed by atoms with Gasteiger partial charge in [-0.25, -0.2) is 8.42 Å². The molecule has 1 fully saturated rings. The Morgan fingerprint density at radius 1 is 1.17 bits per heavy atom. The van der Waals surface area contributed by atoms with Gasteiger partial charge in [0.2, 0.25) is 10.0 Å². The topological polar surface area (TPSA) is 46.6 Å². The SMILES string of the molecule is CCCc1ccc(S(=O)(=O)N2CCOCC2)cc1. The zero-order chi connectivity index (χ0) is 13.0. The summed E-state index contributed by atoms with van der Waals surface area (Å²) in [5.74, 6) is 0. The molecule has 0 N–H and O–H groups in total. The normalized spacial score (nSPS) is 17.8. The number of hydrogen-bond acceptors (Lipinski definition) is 3. The molecule has 0 amide bonds. The van der Waals surface area contributed by atoms with Gasteiger partial charge >= 0.3 is 0 Å². The molecular weight excluding hydrogens is 250 g/mol. The predicted molar refractivity (Wildman–Crippen MR) is 70.0 cm³/mol. The molecule has 0 radical (unpaired) electrons. The summed E-state index contributed by atoms with van der Waals surface area (Å²) in [4.78, 5) is 0.379. The first-order chi connectivity index (χ1) is 8.64. The fourth-order valence-electron chi connectivity index (χ4n) is 2.05. The second kappa shape index (κ2) is 5.82. The van der Waals surface area contributed by atoms with Crippen LogP contribution in [0.25, 0.3) is 0 Å². The highest BCUT2D eigenvalue weighted by Gasteiger charge is 2.25. The Morgan fingerprint density at radius 2 is 1.78 bits per heavy atom. The third-order valence-electron chi connectivity index (χ3n) is 3.07. The van der Waals surface area contributed by atoms with Gasteiger partial charge in [0, 0.05) is 13.1 Å². The first-order valence-corrected chi connectivity index (χ1v) is 7.75. The second-order valence-corrected chi connectivity index (χ2v) is 6.35. The molecule has 4 nitrogen and oxygen atoms in total. The monoisotopic (exact) mass is 269 g/mol. The summed E-state index contributed by atoms with van der Waals surface area (Å²) < 4.78 is 31.3. The molecule has 0 bridgehead atoms. The maximum Gasteiger partial charge on any atom is 0.243 e. The lowest BCUT2D eigenvalue weighted by atomic mass is 10.1. The van der Waals surface area contributed by atoms with E-state index in [9.17, 15) is 8.42 Å². The van der Waals surface area contributed by atoms with Gasteiger partial charge in [-0.3, -0.25) is 0 Å². The van der Waals surface area contributed by atoms with Gasteiger partial charge < -0.3 is 4.74 Å². The Kier molecular flexibility index (Phi) is 4.37. The highest BCUT2D eigenvalue weighted by molar-refractivity contribution is 7.89. The van der Waals surface area contributed by atoms with Crippen molar-refractivity contribution in [2.24, 2.45) is 0 Å². The van der Waals surface area contributed by atoms with Gasteiger partial charge in [-0.15, -0.1) is 0 Å². The maximum absolute atomic E-state index is 12.3. The predicted octanol–water partition coefficient (Wildman–Crippen LogP) is 1.66. The summed E-state index contributed by atoms with van der Waals surface area (Å²) in [6.07, 6.45) is 2.05. The van der Waals surface area contributed by atoms with Crippen LogP contribution in [0.4, 0.5) is 0 Å². The molecule has 1 aliphatic heterocycles. The summed E-state index contributed by atoms with van der Waals surface area (Å²) in [7, 11) is -3.34. The zero-order valence-corrected chi connectivity index (χ0v) is 11.4. The minimum absolute atomic E-state index is 0.379. The molecule has 0 saturated carbocycles. The fraction of sp³-hybridized carbons (Fsp3) is 0.538. The van der Waals surface area contributed by atoms with E-state index in [1.54, 1.807) is 12.1 Å². The second-order valence-electron chi connectivity index (χ2n) is 4.41. The molecule has 100 valence electrons. The largest absolute Gasteiger partial charge is 0.379 e. The van der Waals surface area contributed by atoms with E-state index in [1.807, 2.05) is 12.1 Å². The average molecular weight is 269 g/mol. The Balaban J connectivity index is 2.18. The average Bonchev–Trinajstić information content (AvgIpc) is 2.41. The number of benzene rings is 1. The number of aryl methyl sites for hydroxylation is 1. The minimum atomic E-state index is -3.34. The lowest BCUT2D eigenvalue weighted by molar-refractivity contribution is 0.0730. The lowest BCUT2D eigenvalue weighted by Crippen LogP contribution is -2.40. The number of morpholine rings is 1. The van der Waals surface area contributed by atoms with Crippen molar-refractivity contribution >= 4 is 10.0 Å². The van der Waals surface area contributed by atoms with Crippen molar-refractivity contribution in [2.75, 3.05) is 26.3 Å². The Bertz CT molecular complexity index is 475. The van der Waals surface area contributed by atoms with E-state index in [1.165, 1.54) is 9.87 Å². The van der Waals surface area contributed by atoms with Crippen molar-refractivity contribution < 1.29 is 13.2 Å². The third-order valence-corrected chi connectivity index (χ3v) is 4.98. The van der Waals surface area contributed by atoms with Crippen molar-refractivity contribution in [1.82, 2.24) is 4.31 Å². The first kappa shape index (κ1) is 13.5. The van der Waals surface area contributed by atoms with E-state index in [0.29, 0.717) is 31.2 Å². The fourth-order valence-corrected chi connectivity index (χ4v) is 3.46. The Morgan fingerprint density at radius 3 is 2.33 bits per heavy atom. The molecule has 0 unspecified atom stereocenters. The van der Waals surface area contributed by atoms with Crippen LogP contribution in [0.1, 0.15) is 18.9 Å². The summed E-state index contributed by atoms with van der Waals surface area (Å²) in [6, 6.07) is 7.21. The van der Waals surface area contributed by atoms with Gasteiger partial charge in [0.15, 0.2) is 0 Å². The van der Waals surface area contributed by atoms with Crippen molar-refractivity contribution in [2.45, 2.75) is 24.7 Å². The highest BCUT2D eigenvalue weighted by Crippen LogP contribution is 2.18. The van der Waals surface area contributed by atoms with Crippen LogP contribution in [0.2, 0.25) is 0 Å². The first-order valence-electron chi connectivity index (χ1n) is 6.31. The molecule has 1 aromatic rings. The van der Waals surface area contributed by atoms with Crippen LogP contribution in [-0.2, 0) is 21.2 Å². The van der Waals surface area contributed by atoms with Crippen LogP contribution in [0.5, 0.6) is 0 Å². The molecular formula is C13H19NO3S. The van der Waals surface area contributed by atoms with Crippen LogP contribution in [0, 0.1) is 0 Å². The maximum atomic E-state index is 12.3. The Hall–Kier alpha value is -0.910. The van der Waals surface area contributed by atoms with Crippen molar-refractivity contribution in [3.63, 3.8) is 0 Å². The zero-order valence-electron chi connectivity index (χ0n) is 10.6. The van der Waals surface area contributed by atoms with Crippen LogP contribution in [0.15, 0.2) is 29.2 Å². The van der Waals surface area contributed by atoms with Crippen LogP contribution >= 0.6 is 0 Å². The third kappa shape index (κ3) is 2.91. The molecule has 1 aliphatic rings. The molecule has 0 atom stereocenters. The van der Waals surface area contributed by atoms with Gasteiger partial charge in [-0.1, -0.05) is 25.5 Å². The van der Waals surface area contributed by atoms with Crippen LogP contribution in [0.3, 0.4) is 0 Å². The molecule has 0 aromatic heterocycles. The molecule has 0 spiro atoms. The van der Waals surface area contributed by atoms with Crippen molar-refractivity contribution in [1.29, 1.82) is 0 Å². The summed E-state index contributed by atoms with van der Waals surface area (Å²) in [5.41, 5.74) is 1.18. The van der Waals surface area contributed by atoms with Gasteiger partial charge in [0.1, 0.15) is 0 Å². The van der Waals surface area contributed by atoms with E-state index < -0.39 is 10.0 Å². The molecule has 1 heterocycles. The number of ether oxygens (including phenoxy) is 1. The van der Waals surface area contributed by atoms with E-state index in [2.05, 4.69) is 6.92 Å². The minimum Gasteiger partial charge on any atom is -0.379 e. The molecule has 0 aliphatic carbocycles. The van der Waals surface area contributed by atoms with Crippen molar-refractivity contribution in [3.05, 3.63) is 29.8 Å². The van der Waals surface area contributed by atoms with Crippen molar-refractivity contribution in [3.8, 4) is 0 Å². The van der Waals surface area contributed by atoms with Crippen LogP contribution in [-0.4, -0.2) is 39.0 Å². The van der Waals surface area contributed by atoms with Gasteiger partial charge in [-0.05, 0) is 24.1 Å². The number of nitrogens with zero attached hydrogens (tertiary/aromatic N) is 1. The summed E-state index contributed by atoms with van der Waals surface area (Å²) in [5, 5.41) is 0. The van der Waals surface area contributed by atoms with Gasteiger partial charge in [0.25, 0.3) is 0 Å². The van der Waals surface area contributed by atoms with Gasteiger partial charge in [-0.2, -0.15) is 4.31 Å². The van der Waals surface area contributed by atoms with E-state index >= 15 is 0 Å². The molecule has 5 heteroatoms. The molecule has 2 rings (SSSR count). The number of sulfonamides is 1. The smallest absolute Gasteiger partial charge is 0.243 e. The number of hydrogen-bond donors (Lipinski definition) is 0. The summed E-state index contributed by atoms with van der Waals surface area (Å²) >= 11 is 0. The van der Waals surface area contributed by atoms with E-state index in [4.69, 9.17) is 4.74 Å². The quantitative estimate of drug-likeness (QED) is 0.835. The van der Waals surface area contributed by atoms with E-state index in [0.717, 1.165) is 12.8 Å². The lowest BCUT2D eigenvalue weighted by Gasteiger charge is -2.26. The summed E-state index contributed by atoms with van der Waals surface area (Å²) in [6.45, 7) is 3.96. The standard InChI is InChI=1S/C13H19NO3S/c1-2-3-12-4-6-13(7-5-12)18(15,16)14-8-10-17-11-9-14/h4-7H,2-3,8-11H2,1H3. The Labute approximate surface area is 109 Å². The highest BCUT2D eigenvalue weighted by atomic mass is 32.2. The van der Waals surface area contributed by atoms with E-state index in [-0.39, 0.29) is 0 Å².